The highest BCUT2D eigenvalue weighted by atomic mass is 35.5. The molecule has 0 radical (unpaired) electrons. The summed E-state index contributed by atoms with van der Waals surface area (Å²) in [5.74, 6) is -1.52. The molecule has 0 saturated heterocycles. The van der Waals surface area contributed by atoms with Gasteiger partial charge >= 0.3 is 12.1 Å². The minimum atomic E-state index is -4.78. The molecule has 1 unspecified atom stereocenters. The number of nitrogens with two attached hydrogens (primary N) is 2. The van der Waals surface area contributed by atoms with Crippen molar-refractivity contribution < 1.29 is 32.5 Å². The molecule has 2 aromatic rings. The summed E-state index contributed by atoms with van der Waals surface area (Å²) in [4.78, 5) is 19.1. The van der Waals surface area contributed by atoms with Crippen LogP contribution in [0.2, 0.25) is 5.02 Å². The van der Waals surface area contributed by atoms with Crippen molar-refractivity contribution >= 4 is 47.1 Å². The van der Waals surface area contributed by atoms with E-state index >= 15 is 0 Å². The summed E-state index contributed by atoms with van der Waals surface area (Å²) >= 11 is 6.13. The predicted octanol–water partition coefficient (Wildman–Crippen LogP) is 5.61. The Hall–Kier alpha value is -2.86. The lowest BCUT2D eigenvalue weighted by Crippen LogP contribution is -2.32. The van der Waals surface area contributed by atoms with Gasteiger partial charge in [0, 0.05) is 16.7 Å². The van der Waals surface area contributed by atoms with Gasteiger partial charge in [-0.3, -0.25) is 4.79 Å². The molecule has 39 heavy (non-hydrogen) atoms. The summed E-state index contributed by atoms with van der Waals surface area (Å²) in [6.07, 6.45) is -0.760. The lowest BCUT2D eigenvalue weighted by atomic mass is 9.84. The maximum Gasteiger partial charge on any atom is 0.429 e. The topological polar surface area (TPSA) is 134 Å². The first-order valence-electron chi connectivity index (χ1n) is 12.1. The largest absolute Gasteiger partial charge is 0.480 e. The van der Waals surface area contributed by atoms with Crippen molar-refractivity contribution in [2.45, 2.75) is 50.4 Å². The predicted molar refractivity (Wildman–Crippen MR) is 144 cm³/mol. The Bertz CT molecular complexity index is 1260. The van der Waals surface area contributed by atoms with Crippen LogP contribution < -0.4 is 16.2 Å². The van der Waals surface area contributed by atoms with Crippen LogP contribution in [0, 0.1) is 5.92 Å². The normalized spacial score (nSPS) is 19.3. The van der Waals surface area contributed by atoms with Gasteiger partial charge in [-0.1, -0.05) is 29.8 Å². The van der Waals surface area contributed by atoms with E-state index < -0.39 is 24.3 Å². The van der Waals surface area contributed by atoms with Crippen LogP contribution in [0.3, 0.4) is 0 Å². The van der Waals surface area contributed by atoms with Crippen molar-refractivity contribution in [3.63, 3.8) is 0 Å². The molecule has 1 aliphatic carbocycles. The monoisotopic (exact) mass is 588 g/mol. The summed E-state index contributed by atoms with van der Waals surface area (Å²) in [5.41, 5.74) is 13.4. The van der Waals surface area contributed by atoms with Gasteiger partial charge < -0.3 is 26.0 Å². The van der Waals surface area contributed by atoms with E-state index in [1.165, 1.54) is 24.3 Å². The number of carboxylic acids is 1. The average molecular weight is 589 g/mol. The molecule has 0 amide bonds. The number of hydrogen-bond donors (Lipinski definition) is 3. The number of halogens is 5. The molecule has 5 N–H and O–H groups in total. The van der Waals surface area contributed by atoms with E-state index in [-0.39, 0.29) is 47.3 Å². The molecule has 13 heteroatoms. The minimum absolute atomic E-state index is 0. The van der Waals surface area contributed by atoms with Gasteiger partial charge in [0.1, 0.15) is 6.04 Å². The zero-order chi connectivity index (χ0) is 27.4. The molecule has 0 saturated carbocycles. The first kappa shape index (κ1) is 30.7. The van der Waals surface area contributed by atoms with Gasteiger partial charge in [0.15, 0.2) is 0 Å². The second-order valence-electron chi connectivity index (χ2n) is 9.34. The van der Waals surface area contributed by atoms with E-state index in [2.05, 4.69) is 9.97 Å². The number of rotatable bonds is 8. The molecule has 1 aromatic heterocycles. The quantitative estimate of drug-likeness (QED) is 0.362. The highest BCUT2D eigenvalue weighted by molar-refractivity contribution is 6.30. The van der Waals surface area contributed by atoms with Crippen molar-refractivity contribution in [3.8, 4) is 5.88 Å². The number of nitrogens with zero attached hydrogens (tertiary/aromatic N) is 2. The molecule has 0 bridgehead atoms. The molecule has 8 nitrogen and oxygen atoms in total. The second kappa shape index (κ2) is 13.0. The lowest BCUT2D eigenvalue weighted by molar-refractivity contribution is -0.198. The highest BCUT2D eigenvalue weighted by Crippen LogP contribution is 2.41. The molecule has 4 rings (SSSR count). The van der Waals surface area contributed by atoms with Gasteiger partial charge in [-0.15, -0.1) is 12.4 Å². The van der Waals surface area contributed by atoms with Crippen molar-refractivity contribution in [1.29, 1.82) is 0 Å². The number of carboxylic acid groups (broad SMARTS) is 1. The van der Waals surface area contributed by atoms with Crippen LogP contribution in [0.15, 0.2) is 36.4 Å². The zero-order valence-corrected chi connectivity index (χ0v) is 22.4. The zero-order valence-electron chi connectivity index (χ0n) is 20.8. The van der Waals surface area contributed by atoms with Crippen LogP contribution in [0.1, 0.15) is 55.0 Å². The highest BCUT2D eigenvalue weighted by Gasteiger charge is 2.45. The number of anilines is 1. The fraction of sp³-hybridized carbons (Fsp3) is 0.423. The maximum absolute atomic E-state index is 14.4. The Labute approximate surface area is 234 Å². The summed E-state index contributed by atoms with van der Waals surface area (Å²) in [7, 11) is 0. The van der Waals surface area contributed by atoms with E-state index in [0.717, 1.165) is 5.57 Å². The van der Waals surface area contributed by atoms with Crippen molar-refractivity contribution in [2.24, 2.45) is 11.7 Å². The lowest BCUT2D eigenvalue weighted by Gasteiger charge is -2.26. The Morgan fingerprint density at radius 3 is 2.62 bits per heavy atom. The Balaban J connectivity index is 0.00000420. The number of nitrogen functional groups attached to an aromatic ring is 1. The van der Waals surface area contributed by atoms with Crippen molar-refractivity contribution in [3.05, 3.63) is 58.3 Å². The standard InChI is InChI=1S/C26H28ClF3N4O4.ClH/c27-17-7-8-18(19(11-17)16-2-1-9-37-13-16)23(26(28,29)30)38-22-12-21(33-25(32)34-22)15-5-3-14(4-6-15)10-20(31)24(35)36;/h2,5,7-8,11-12,14,20,23H,1,3-4,6,9-10,13,31H2,(H,35,36)(H2,32,33,34);1H/t14-,20?,23+;/m0./s1. The molecule has 0 fully saturated rings. The summed E-state index contributed by atoms with van der Waals surface area (Å²) < 4.78 is 54.0. The maximum atomic E-state index is 14.4. The number of carbonyl (C=O) groups is 1. The van der Waals surface area contributed by atoms with Crippen LogP contribution in [0.4, 0.5) is 19.1 Å². The van der Waals surface area contributed by atoms with E-state index in [9.17, 15) is 18.0 Å². The van der Waals surface area contributed by atoms with Gasteiger partial charge in [-0.05, 0) is 66.9 Å². The van der Waals surface area contributed by atoms with E-state index in [1.54, 1.807) is 0 Å². The smallest absolute Gasteiger partial charge is 0.429 e. The van der Waals surface area contributed by atoms with E-state index in [4.69, 9.17) is 37.6 Å². The molecular weight excluding hydrogens is 560 g/mol. The summed E-state index contributed by atoms with van der Waals surface area (Å²) in [6, 6.07) is 4.54. The van der Waals surface area contributed by atoms with Crippen LogP contribution in [0.5, 0.6) is 5.88 Å². The molecule has 1 aliphatic heterocycles. The van der Waals surface area contributed by atoms with E-state index in [1.807, 2.05) is 12.2 Å². The fourth-order valence-corrected chi connectivity index (χ4v) is 4.84. The molecule has 3 atom stereocenters. The van der Waals surface area contributed by atoms with Gasteiger partial charge in [-0.25, -0.2) is 4.98 Å². The number of allylic oxidation sites excluding steroid dienone is 2. The molecule has 2 aliphatic rings. The van der Waals surface area contributed by atoms with E-state index in [0.29, 0.717) is 55.5 Å². The van der Waals surface area contributed by atoms with Crippen molar-refractivity contribution in [2.75, 3.05) is 18.9 Å². The van der Waals surface area contributed by atoms with Gasteiger partial charge in [0.2, 0.25) is 17.9 Å². The summed E-state index contributed by atoms with van der Waals surface area (Å²) in [6.45, 7) is 0.652. The fourth-order valence-electron chi connectivity index (χ4n) is 4.67. The third kappa shape index (κ3) is 7.84. The second-order valence-corrected chi connectivity index (χ2v) is 9.78. The third-order valence-corrected chi connectivity index (χ3v) is 6.80. The molecule has 212 valence electrons. The van der Waals surface area contributed by atoms with Crippen LogP contribution in [-0.4, -0.2) is 46.5 Å². The number of alkyl halides is 3. The first-order valence-corrected chi connectivity index (χ1v) is 12.5. The average Bonchev–Trinajstić information content (AvgIpc) is 2.87. The molecule has 0 spiro atoms. The number of aliphatic carboxylic acids is 1. The van der Waals surface area contributed by atoms with Crippen LogP contribution in [-0.2, 0) is 9.53 Å². The number of aromatic nitrogens is 2. The SMILES string of the molecule is Cl.Nc1nc(O[C@H](c2ccc(Cl)cc2C2=CCCOC2)C(F)(F)F)cc(C2=CC[C@H](CC(N)C(=O)O)CC2)n1. The molecule has 2 heterocycles. The van der Waals surface area contributed by atoms with Gasteiger partial charge in [-0.2, -0.15) is 18.2 Å². The van der Waals surface area contributed by atoms with Gasteiger partial charge in [0.05, 0.1) is 18.9 Å². The van der Waals surface area contributed by atoms with Crippen molar-refractivity contribution in [1.82, 2.24) is 9.97 Å². The van der Waals surface area contributed by atoms with Crippen LogP contribution >= 0.6 is 24.0 Å². The number of hydrogen-bond acceptors (Lipinski definition) is 7. The third-order valence-electron chi connectivity index (χ3n) is 6.56. The first-order chi connectivity index (χ1) is 18.0. The Kier molecular flexibility index (Phi) is 10.2. The van der Waals surface area contributed by atoms with Crippen LogP contribution in [0.25, 0.3) is 11.1 Å². The number of benzene rings is 1. The Morgan fingerprint density at radius 1 is 1.23 bits per heavy atom. The van der Waals surface area contributed by atoms with Gasteiger partial charge in [0.25, 0.3) is 0 Å². The Morgan fingerprint density at radius 2 is 2.00 bits per heavy atom. The molecular formula is C26H29Cl2F3N4O4. The summed E-state index contributed by atoms with van der Waals surface area (Å²) in [5, 5.41) is 9.33. The molecule has 1 aromatic carbocycles. The minimum Gasteiger partial charge on any atom is -0.480 e. The number of ether oxygens (including phenoxy) is 2.